The highest BCUT2D eigenvalue weighted by Crippen LogP contribution is 2.27. The molecule has 0 aliphatic carbocycles. The van der Waals surface area contributed by atoms with Crippen LogP contribution in [0.4, 0.5) is 0 Å². The normalized spacial score (nSPS) is 12.7. The molecule has 3 rings (SSSR count). The maximum atomic E-state index is 9.91. The van der Waals surface area contributed by atoms with Gasteiger partial charge in [0.1, 0.15) is 0 Å². The number of ether oxygens (including phenoxy) is 1. The number of aromatic hydroxyl groups is 1. The number of methoxy groups -OCH3 is 1. The number of hydrogen-bond donors (Lipinski definition) is 2. The predicted molar refractivity (Wildman–Crippen MR) is 92.1 cm³/mol. The smallest absolute Gasteiger partial charge is 0.160 e. The third-order valence-electron chi connectivity index (χ3n) is 4.05. The molecule has 1 atom stereocenters. The lowest BCUT2D eigenvalue weighted by Crippen LogP contribution is -2.27. The average Bonchev–Trinajstić information content (AvgIpc) is 2.99. The fourth-order valence-electron chi connectivity index (χ4n) is 2.77. The molecule has 126 valence electrons. The summed E-state index contributed by atoms with van der Waals surface area (Å²) in [5.74, 6) is 1.84. The van der Waals surface area contributed by atoms with E-state index >= 15 is 0 Å². The van der Waals surface area contributed by atoms with E-state index < -0.39 is 0 Å². The number of nitrogens with zero attached hydrogens (tertiary/aromatic N) is 3. The molecule has 2 N–H and O–H groups in total. The minimum atomic E-state index is 0.0478. The fourth-order valence-corrected chi connectivity index (χ4v) is 2.77. The number of rotatable bonds is 6. The standard InChI is InChI=1S/C18H22N4O2/c1-12(2)17(18-21-20-16-6-4-5-9-22(16)18)19-11-13-7-8-15(24-3)14(23)10-13/h4-10,12,17,19,23H,11H2,1-3H3/t17-/m1/s1. The molecule has 2 aromatic heterocycles. The first-order valence-electron chi connectivity index (χ1n) is 7.99. The SMILES string of the molecule is COc1ccc(CN[C@@H](c2nnc3ccccn23)C(C)C)cc1O. The summed E-state index contributed by atoms with van der Waals surface area (Å²) in [6.07, 6.45) is 1.97. The third kappa shape index (κ3) is 3.19. The van der Waals surface area contributed by atoms with Gasteiger partial charge in [0.05, 0.1) is 13.2 Å². The molecule has 0 saturated heterocycles. The van der Waals surface area contributed by atoms with Gasteiger partial charge in [-0.15, -0.1) is 10.2 Å². The minimum Gasteiger partial charge on any atom is -0.504 e. The van der Waals surface area contributed by atoms with E-state index in [1.54, 1.807) is 12.1 Å². The molecule has 2 heterocycles. The van der Waals surface area contributed by atoms with Crippen LogP contribution in [0.5, 0.6) is 11.5 Å². The topological polar surface area (TPSA) is 71.7 Å². The molecule has 0 unspecified atom stereocenters. The maximum absolute atomic E-state index is 9.91. The van der Waals surface area contributed by atoms with E-state index in [1.807, 2.05) is 34.9 Å². The van der Waals surface area contributed by atoms with Crippen LogP contribution in [0.1, 0.15) is 31.3 Å². The van der Waals surface area contributed by atoms with Gasteiger partial charge in [-0.3, -0.25) is 4.40 Å². The van der Waals surface area contributed by atoms with Crippen LogP contribution in [0.25, 0.3) is 5.65 Å². The number of phenols is 1. The molecule has 0 saturated carbocycles. The van der Waals surface area contributed by atoms with Gasteiger partial charge < -0.3 is 15.2 Å². The van der Waals surface area contributed by atoms with E-state index in [0.29, 0.717) is 18.2 Å². The minimum absolute atomic E-state index is 0.0478. The van der Waals surface area contributed by atoms with Crippen LogP contribution >= 0.6 is 0 Å². The lowest BCUT2D eigenvalue weighted by atomic mass is 10.0. The zero-order valence-corrected chi connectivity index (χ0v) is 14.1. The number of hydrogen-bond acceptors (Lipinski definition) is 5. The van der Waals surface area contributed by atoms with Gasteiger partial charge in [0, 0.05) is 12.7 Å². The van der Waals surface area contributed by atoms with E-state index in [2.05, 4.69) is 29.4 Å². The Morgan fingerprint density at radius 2 is 2.04 bits per heavy atom. The Balaban J connectivity index is 1.81. The van der Waals surface area contributed by atoms with Crippen molar-refractivity contribution in [3.8, 4) is 11.5 Å². The highest BCUT2D eigenvalue weighted by atomic mass is 16.5. The Morgan fingerprint density at radius 3 is 2.75 bits per heavy atom. The molecular weight excluding hydrogens is 304 g/mol. The summed E-state index contributed by atoms with van der Waals surface area (Å²) in [7, 11) is 1.54. The van der Waals surface area contributed by atoms with Crippen LogP contribution in [0.15, 0.2) is 42.6 Å². The van der Waals surface area contributed by atoms with Gasteiger partial charge in [0.15, 0.2) is 23.0 Å². The van der Waals surface area contributed by atoms with Crippen molar-refractivity contribution >= 4 is 5.65 Å². The second-order valence-electron chi connectivity index (χ2n) is 6.10. The number of aromatic nitrogens is 3. The van der Waals surface area contributed by atoms with Gasteiger partial charge >= 0.3 is 0 Å². The second-order valence-corrected chi connectivity index (χ2v) is 6.10. The van der Waals surface area contributed by atoms with Crippen molar-refractivity contribution in [2.75, 3.05) is 7.11 Å². The highest BCUT2D eigenvalue weighted by Gasteiger charge is 2.21. The van der Waals surface area contributed by atoms with E-state index in [9.17, 15) is 5.11 Å². The van der Waals surface area contributed by atoms with Crippen LogP contribution in [0.2, 0.25) is 0 Å². The first-order chi connectivity index (χ1) is 11.6. The summed E-state index contributed by atoms with van der Waals surface area (Å²) in [6, 6.07) is 11.3. The zero-order valence-electron chi connectivity index (χ0n) is 14.1. The molecule has 0 spiro atoms. The predicted octanol–water partition coefficient (Wildman–Crippen LogP) is 2.93. The van der Waals surface area contributed by atoms with Gasteiger partial charge in [-0.1, -0.05) is 26.0 Å². The summed E-state index contributed by atoms with van der Waals surface area (Å²) in [5.41, 5.74) is 1.81. The fraction of sp³-hybridized carbons (Fsp3) is 0.333. The van der Waals surface area contributed by atoms with Gasteiger partial charge in [-0.05, 0) is 35.7 Å². The van der Waals surface area contributed by atoms with E-state index in [1.165, 1.54) is 7.11 Å². The van der Waals surface area contributed by atoms with E-state index in [0.717, 1.165) is 17.0 Å². The molecule has 0 bridgehead atoms. The van der Waals surface area contributed by atoms with Crippen molar-refractivity contribution < 1.29 is 9.84 Å². The van der Waals surface area contributed by atoms with Gasteiger partial charge in [0.2, 0.25) is 0 Å². The Morgan fingerprint density at radius 1 is 1.21 bits per heavy atom. The molecule has 3 aromatic rings. The van der Waals surface area contributed by atoms with Crippen molar-refractivity contribution in [3.63, 3.8) is 0 Å². The lowest BCUT2D eigenvalue weighted by molar-refractivity contribution is 0.371. The number of pyridine rings is 1. The Bertz CT molecular complexity index is 829. The van der Waals surface area contributed by atoms with E-state index in [4.69, 9.17) is 4.74 Å². The van der Waals surface area contributed by atoms with Crippen LogP contribution in [-0.4, -0.2) is 26.8 Å². The van der Waals surface area contributed by atoms with Crippen molar-refractivity contribution in [2.24, 2.45) is 5.92 Å². The van der Waals surface area contributed by atoms with Crippen LogP contribution in [0, 0.1) is 5.92 Å². The van der Waals surface area contributed by atoms with Crippen molar-refractivity contribution in [2.45, 2.75) is 26.4 Å². The molecule has 24 heavy (non-hydrogen) atoms. The monoisotopic (exact) mass is 326 g/mol. The van der Waals surface area contributed by atoms with Crippen molar-refractivity contribution in [1.29, 1.82) is 0 Å². The number of benzene rings is 1. The van der Waals surface area contributed by atoms with Crippen LogP contribution in [0.3, 0.4) is 0 Å². The maximum Gasteiger partial charge on any atom is 0.160 e. The average molecular weight is 326 g/mol. The number of nitrogens with one attached hydrogen (secondary N) is 1. The van der Waals surface area contributed by atoms with Gasteiger partial charge in [-0.2, -0.15) is 0 Å². The van der Waals surface area contributed by atoms with Crippen molar-refractivity contribution in [3.05, 3.63) is 54.0 Å². The summed E-state index contributed by atoms with van der Waals surface area (Å²) >= 11 is 0. The molecule has 6 heteroatoms. The summed E-state index contributed by atoms with van der Waals surface area (Å²) in [6.45, 7) is 4.91. The van der Waals surface area contributed by atoms with Crippen LogP contribution in [-0.2, 0) is 6.54 Å². The van der Waals surface area contributed by atoms with Gasteiger partial charge in [-0.25, -0.2) is 0 Å². The molecule has 0 aliphatic heterocycles. The molecular formula is C18H22N4O2. The molecule has 0 fully saturated rings. The lowest BCUT2D eigenvalue weighted by Gasteiger charge is -2.21. The molecule has 0 aliphatic rings. The number of phenolic OH excluding ortho intramolecular Hbond substituents is 1. The Kier molecular flexibility index (Phi) is 4.66. The molecule has 0 amide bonds. The largest absolute Gasteiger partial charge is 0.504 e. The number of fused-ring (bicyclic) bond motifs is 1. The zero-order chi connectivity index (χ0) is 17.1. The Hall–Kier alpha value is -2.60. The quantitative estimate of drug-likeness (QED) is 0.729. The van der Waals surface area contributed by atoms with Crippen LogP contribution < -0.4 is 10.1 Å². The highest BCUT2D eigenvalue weighted by molar-refractivity contribution is 5.41. The van der Waals surface area contributed by atoms with E-state index in [-0.39, 0.29) is 11.8 Å². The first-order valence-corrected chi connectivity index (χ1v) is 7.99. The summed E-state index contributed by atoms with van der Waals surface area (Å²) in [4.78, 5) is 0. The summed E-state index contributed by atoms with van der Waals surface area (Å²) in [5, 5.41) is 22.0. The summed E-state index contributed by atoms with van der Waals surface area (Å²) < 4.78 is 7.08. The molecule has 1 aromatic carbocycles. The first kappa shape index (κ1) is 16.3. The molecule has 6 nitrogen and oxygen atoms in total. The third-order valence-corrected chi connectivity index (χ3v) is 4.05. The molecule has 0 radical (unpaired) electrons. The van der Waals surface area contributed by atoms with Gasteiger partial charge in [0.25, 0.3) is 0 Å². The Labute approximate surface area is 141 Å². The van der Waals surface area contributed by atoms with Crippen molar-refractivity contribution in [1.82, 2.24) is 19.9 Å². The second kappa shape index (κ2) is 6.88.